The molecular formula is C84H97Cl3N10O29. The van der Waals surface area contributed by atoms with Crippen molar-refractivity contribution in [2.45, 2.75) is 200 Å². The number of primary amides is 1. The van der Waals surface area contributed by atoms with Gasteiger partial charge >= 0.3 is 5.97 Å². The minimum absolute atomic E-state index is 0.000398. The second-order valence-corrected chi connectivity index (χ2v) is 33.1. The molecule has 0 spiro atoms. The van der Waals surface area contributed by atoms with E-state index in [-0.39, 0.29) is 54.9 Å². The summed E-state index contributed by atoms with van der Waals surface area (Å²) in [6, 6.07) is 11.2. The normalized spacial score (nSPS) is 29.3. The van der Waals surface area contributed by atoms with Gasteiger partial charge in [0.1, 0.15) is 125 Å². The van der Waals surface area contributed by atoms with Gasteiger partial charge in [-0.1, -0.05) is 66.8 Å². The number of rotatable bonds is 22. The Labute approximate surface area is 733 Å². The van der Waals surface area contributed by atoms with Crippen molar-refractivity contribution in [2.24, 2.45) is 17.4 Å². The van der Waals surface area contributed by atoms with Crippen LogP contribution in [0.3, 0.4) is 0 Å². The summed E-state index contributed by atoms with van der Waals surface area (Å²) in [4.78, 5) is 116. The summed E-state index contributed by atoms with van der Waals surface area (Å²) in [5.41, 5.74) is 9.28. The summed E-state index contributed by atoms with van der Waals surface area (Å²) in [5.74, 6) is -13.7. The van der Waals surface area contributed by atoms with E-state index in [1.54, 1.807) is 36.4 Å². The van der Waals surface area contributed by atoms with Crippen LogP contribution in [0.2, 0.25) is 15.1 Å². The van der Waals surface area contributed by atoms with E-state index in [2.05, 4.69) is 42.5 Å². The second-order valence-electron chi connectivity index (χ2n) is 31.8. The highest BCUT2D eigenvalue weighted by atomic mass is 35.5. The number of nitrogens with two attached hydrogens (primary N) is 2. The van der Waals surface area contributed by atoms with Crippen LogP contribution in [0.25, 0.3) is 22.5 Å². The molecule has 0 radical (unpaired) electrons. The average molecular weight is 1820 g/mol. The Morgan fingerprint density at radius 3 is 1.94 bits per heavy atom. The van der Waals surface area contributed by atoms with Gasteiger partial charge in [0, 0.05) is 51.8 Å². The number of halogens is 3. The molecular weight excluding hydrogens is 1720 g/mol. The van der Waals surface area contributed by atoms with E-state index in [1.165, 1.54) is 58.2 Å². The van der Waals surface area contributed by atoms with Gasteiger partial charge in [-0.05, 0) is 153 Å². The molecule has 6 aromatic carbocycles. The number of carboxylic acid groups (broad SMARTS) is 1. The number of phenolic OH excluding ortho intramolecular Hbond substituents is 3. The van der Waals surface area contributed by atoms with Crippen molar-refractivity contribution in [3.63, 3.8) is 0 Å². The highest BCUT2D eigenvalue weighted by molar-refractivity contribution is 6.32. The third kappa shape index (κ3) is 21.3. The number of benzene rings is 6. The number of aliphatic hydroxyl groups is 8. The van der Waals surface area contributed by atoms with Crippen molar-refractivity contribution in [2.75, 3.05) is 20.2 Å². The number of ether oxygens (including phenoxy) is 8. The molecule has 3 fully saturated rings. The Kier molecular flexibility index (Phi) is 30.1. The number of fused-ring (bicyclic) bond motifs is 16. The Bertz CT molecular complexity index is 5170. The number of hydrogen-bond donors (Lipinski definition) is 22. The van der Waals surface area contributed by atoms with Crippen LogP contribution < -0.4 is 68.2 Å². The average Bonchev–Trinajstić information content (AvgIpc) is 0.842. The lowest BCUT2D eigenvalue weighted by Gasteiger charge is -2.46. The van der Waals surface area contributed by atoms with E-state index < -0.39 is 273 Å². The lowest BCUT2D eigenvalue weighted by molar-refractivity contribution is -0.350. The Morgan fingerprint density at radius 2 is 1.32 bits per heavy atom. The standard InChI is InChI=1S/C84H97Cl3N10O29/c1-33(2)19-48(90-6)76(111)97-64-66(104)38-10-16-53(46(86)21-38)120-55-23-40-24-56(73(55)125-83-71(109)69(107)74(58(31-98)123-83)126-82-70(108)68(106)67(105)57(122-82)30-91-29-43-14-18-52(119-43)36-7-12-41(85)13-8-36)121-54-17-11-39(22-47(54)87)72(124-60-28-84(5,89)75(110)35(4)118-60)65(92-32-99)80(115)96-63(81(116)117)45-25-42(100)26-51(102)61(45)44-20-37(9-15-50(44)101)34(3)93-78(113)62(40)95-77(112)49(27-59(88)103)94-79(64)114/h7-18,20-26,32-35,48-49,57-58,60,62-72,74-75,82-83,90-91,98,100-102,104-110H,19,27-31,89H2,1-6H3,(H2,88,103)(H,92,99)(H,93,113)(H,94,114)(H,95,112)(H,96,115)(H,97,111)(H,116,117)/t34-,35-,48+,49-,57+,58+,60-,62+,63+,64?,65-,66+,67-,68-,69+,70+,71+,72+,74+,75-,82-,83-,84-/m0/s1. The summed E-state index contributed by atoms with van der Waals surface area (Å²) < 4.78 is 57.0. The Morgan fingerprint density at radius 1 is 0.675 bits per heavy atom. The monoisotopic (exact) mass is 1810 g/mol. The number of nitrogens with one attached hydrogen (secondary N) is 8. The maximum Gasteiger partial charge on any atom is 0.330 e. The zero-order valence-corrected chi connectivity index (χ0v) is 70.4. The first-order valence-electron chi connectivity index (χ1n) is 39.8. The molecule has 8 heterocycles. The van der Waals surface area contributed by atoms with Gasteiger partial charge in [-0.15, -0.1) is 0 Å². The molecule has 7 amide bonds. The first-order valence-corrected chi connectivity index (χ1v) is 41.0. The molecule has 126 heavy (non-hydrogen) atoms. The summed E-state index contributed by atoms with van der Waals surface area (Å²) in [6.07, 6.45) is -28.8. The number of furan rings is 1. The molecule has 14 rings (SSSR count). The first-order chi connectivity index (χ1) is 59.7. The van der Waals surface area contributed by atoms with Crippen LogP contribution >= 0.6 is 34.8 Å². The highest BCUT2D eigenvalue weighted by Crippen LogP contribution is 2.50. The molecule has 0 saturated carbocycles. The molecule has 7 aliphatic heterocycles. The molecule has 39 nitrogen and oxygen atoms in total. The van der Waals surface area contributed by atoms with E-state index in [1.807, 2.05) is 13.8 Å². The largest absolute Gasteiger partial charge is 0.508 e. The van der Waals surface area contributed by atoms with Crippen LogP contribution in [-0.4, -0.2) is 239 Å². The number of phenols is 3. The lowest BCUT2D eigenvalue weighted by atomic mass is 9.86. The molecule has 1 unspecified atom stereocenters. The van der Waals surface area contributed by atoms with Crippen molar-refractivity contribution in [3.05, 3.63) is 164 Å². The lowest BCUT2D eigenvalue weighted by Crippen LogP contribution is -2.65. The van der Waals surface area contributed by atoms with E-state index in [0.717, 1.165) is 54.1 Å². The van der Waals surface area contributed by atoms with E-state index in [4.69, 9.17) is 88.6 Å². The number of amides is 7. The van der Waals surface area contributed by atoms with Crippen molar-refractivity contribution >= 4 is 82.6 Å². The molecule has 7 aliphatic rings. The number of aliphatic hydroxyl groups excluding tert-OH is 8. The molecule has 0 aliphatic carbocycles. The van der Waals surface area contributed by atoms with Crippen molar-refractivity contribution in [1.29, 1.82) is 0 Å². The zero-order valence-electron chi connectivity index (χ0n) is 68.2. The quantitative estimate of drug-likeness (QED) is 0.0433. The molecule has 9 bridgehead atoms. The molecule has 7 aromatic rings. The van der Waals surface area contributed by atoms with Crippen LogP contribution in [0, 0.1) is 5.92 Å². The number of carbonyl (C=O) groups excluding carboxylic acids is 7. The van der Waals surface area contributed by atoms with Crippen molar-refractivity contribution < 1.29 is 142 Å². The van der Waals surface area contributed by atoms with Crippen molar-refractivity contribution in [3.8, 4) is 68.4 Å². The van der Waals surface area contributed by atoms with Gasteiger partial charge in [-0.2, -0.15) is 0 Å². The van der Waals surface area contributed by atoms with Crippen LogP contribution in [0.4, 0.5) is 0 Å². The van der Waals surface area contributed by atoms with Gasteiger partial charge in [-0.25, -0.2) is 4.79 Å². The van der Waals surface area contributed by atoms with Crippen LogP contribution in [0.1, 0.15) is 118 Å². The van der Waals surface area contributed by atoms with Gasteiger partial charge in [0.25, 0.3) is 0 Å². The minimum atomic E-state index is -2.37. The molecule has 24 N–H and O–H groups in total. The van der Waals surface area contributed by atoms with Crippen LogP contribution in [-0.2, 0) is 68.6 Å². The summed E-state index contributed by atoms with van der Waals surface area (Å²) in [7, 11) is 1.47. The topological polar surface area (TPSA) is 615 Å². The molecule has 23 atom stereocenters. The smallest absolute Gasteiger partial charge is 0.330 e. The molecule has 1 aromatic heterocycles. The van der Waals surface area contributed by atoms with Gasteiger partial charge < -0.3 is 158 Å². The maximum atomic E-state index is 16.0. The van der Waals surface area contributed by atoms with E-state index >= 15 is 14.4 Å². The maximum absolute atomic E-state index is 16.0. The third-order valence-electron chi connectivity index (χ3n) is 22.1. The number of carboxylic acids is 1. The Hall–Kier alpha value is -10.6. The molecule has 3 saturated heterocycles. The fourth-order valence-electron chi connectivity index (χ4n) is 15.4. The van der Waals surface area contributed by atoms with Gasteiger partial charge in [-0.3, -0.25) is 33.6 Å². The van der Waals surface area contributed by atoms with Crippen LogP contribution in [0.15, 0.2) is 120 Å². The predicted octanol–water partition coefficient (Wildman–Crippen LogP) is 2.28. The third-order valence-corrected chi connectivity index (χ3v) is 22.9. The van der Waals surface area contributed by atoms with E-state index in [0.29, 0.717) is 16.5 Å². The SMILES string of the molecule is CN[C@H](CC(C)C)C(=O)NC1C(=O)N[C@@H](CC(N)=O)C(=O)N[C@H]2C(=O)N[C@@H](C)c3ccc(O)c(c3)-c3c(O)cc(O)cc3[C@H](C(=O)O)NC(=O)[C@@H](NC=O)[C@H](O[C@H]3C[C@](C)(N)[C@@H](O)[C@H](C)O3)c3ccc(c(Cl)c3)Oc3cc2cc(c3O[C@@H]2O[C@H](CO)[C@@H](O[C@@H]3O[C@H](CNCc4ccc(-c5ccc(Cl)cc5)o4)[C@H](O)[C@H](O)[C@H]3O)[C@H](O)[C@H]2O)Oc2ccc(cc2Cl)[C@H]1O. The molecule has 42 heteroatoms. The summed E-state index contributed by atoms with van der Waals surface area (Å²) in [5, 5.41) is 160. The van der Waals surface area contributed by atoms with Gasteiger partial charge in [0.2, 0.25) is 53.9 Å². The predicted molar refractivity (Wildman–Crippen MR) is 442 cm³/mol. The first kappa shape index (κ1) is 94.5. The van der Waals surface area contributed by atoms with E-state index in [9.17, 15) is 85.3 Å². The second kappa shape index (κ2) is 40.2. The van der Waals surface area contributed by atoms with Crippen molar-refractivity contribution in [1.82, 2.24) is 42.5 Å². The minimum Gasteiger partial charge on any atom is -0.508 e. The summed E-state index contributed by atoms with van der Waals surface area (Å²) in [6.45, 7) is 6.65. The number of hydrogen-bond acceptors (Lipinski definition) is 31. The number of aromatic hydroxyl groups is 3. The summed E-state index contributed by atoms with van der Waals surface area (Å²) >= 11 is 20.6. The van der Waals surface area contributed by atoms with Crippen LogP contribution in [0.5, 0.6) is 46.0 Å². The number of aliphatic carboxylic acids is 1. The highest BCUT2D eigenvalue weighted by Gasteiger charge is 2.53. The van der Waals surface area contributed by atoms with Gasteiger partial charge in [0.15, 0.2) is 30.1 Å². The fourth-order valence-corrected chi connectivity index (χ4v) is 16.0. The number of carbonyl (C=O) groups is 8. The zero-order chi connectivity index (χ0) is 91.4. The number of likely N-dealkylation sites (N-methyl/N-ethyl adjacent to an activating group) is 1. The fraction of sp³-hybridized carbons (Fsp3) is 0.429. The van der Waals surface area contributed by atoms with Gasteiger partial charge in [0.05, 0.1) is 53.9 Å². The molecule has 678 valence electrons. The Balaban J connectivity index is 1.02.